The number of fused-ring (bicyclic) bond motifs is 4. The van der Waals surface area contributed by atoms with Crippen LogP contribution in [0.15, 0.2) is 18.2 Å². The molecule has 3 N–H and O–H groups in total. The molecule has 0 radical (unpaired) electrons. The third-order valence-corrected chi connectivity index (χ3v) is 11.0. The van der Waals surface area contributed by atoms with Crippen molar-refractivity contribution in [3.05, 3.63) is 34.9 Å². The summed E-state index contributed by atoms with van der Waals surface area (Å²) >= 11 is 7.80. The lowest BCUT2D eigenvalue weighted by Crippen LogP contribution is -2.43. The predicted molar refractivity (Wildman–Crippen MR) is 163 cm³/mol. The van der Waals surface area contributed by atoms with Gasteiger partial charge in [0.05, 0.1) is 20.8 Å². The van der Waals surface area contributed by atoms with Gasteiger partial charge in [0.1, 0.15) is 29.9 Å². The summed E-state index contributed by atoms with van der Waals surface area (Å²) in [6.07, 6.45) is 2.31. The number of piperidine rings is 1. The number of nitrogens with one attached hydrogen (secondary N) is 1. The molecule has 0 bridgehead atoms. The van der Waals surface area contributed by atoms with E-state index in [0.717, 1.165) is 63.3 Å². The van der Waals surface area contributed by atoms with E-state index in [2.05, 4.69) is 25.1 Å². The van der Waals surface area contributed by atoms with Crippen LogP contribution in [0.2, 0.25) is 5.02 Å². The van der Waals surface area contributed by atoms with Gasteiger partial charge < -0.3 is 20.7 Å². The van der Waals surface area contributed by atoms with Gasteiger partial charge >= 0.3 is 6.01 Å². The summed E-state index contributed by atoms with van der Waals surface area (Å²) in [5.74, 6) is 0.463. The Bertz CT molecular complexity index is 1760. The minimum Gasteiger partial charge on any atom is -0.461 e. The molecule has 6 heterocycles. The maximum absolute atomic E-state index is 16.7. The van der Waals surface area contributed by atoms with Gasteiger partial charge in [-0.3, -0.25) is 4.90 Å². The molecule has 2 aromatic carbocycles. The monoisotopic (exact) mass is 629 g/mol. The van der Waals surface area contributed by atoms with E-state index >= 15 is 4.39 Å². The molecule has 0 spiro atoms. The zero-order chi connectivity index (χ0) is 29.5. The van der Waals surface area contributed by atoms with E-state index in [4.69, 9.17) is 27.1 Å². The Hall–Kier alpha value is -2.93. The van der Waals surface area contributed by atoms with Gasteiger partial charge in [0, 0.05) is 42.6 Å². The average molecular weight is 630 g/mol. The predicted octanol–water partition coefficient (Wildman–Crippen LogP) is 5.42. The molecule has 4 aromatic rings. The van der Waals surface area contributed by atoms with Crippen LogP contribution in [0.4, 0.5) is 24.1 Å². The Balaban J connectivity index is 1.25. The van der Waals surface area contributed by atoms with Crippen molar-refractivity contribution in [2.24, 2.45) is 11.8 Å². The first-order valence-corrected chi connectivity index (χ1v) is 16.0. The Labute approximate surface area is 255 Å². The fourth-order valence-corrected chi connectivity index (χ4v) is 8.84. The summed E-state index contributed by atoms with van der Waals surface area (Å²) in [6, 6.07) is 4.46. The number of nitrogens with two attached hydrogens (primary N) is 1. The number of hydrogen-bond donors (Lipinski definition) is 2. The molecule has 226 valence electrons. The summed E-state index contributed by atoms with van der Waals surface area (Å²) in [7, 11) is 0. The Morgan fingerprint density at radius 3 is 2.86 bits per heavy atom. The molecule has 4 fully saturated rings. The van der Waals surface area contributed by atoms with Gasteiger partial charge in [-0.1, -0.05) is 22.9 Å². The van der Waals surface area contributed by atoms with Crippen molar-refractivity contribution < 1.29 is 17.9 Å². The highest BCUT2D eigenvalue weighted by molar-refractivity contribution is 7.22. The summed E-state index contributed by atoms with van der Waals surface area (Å²) in [4.78, 5) is 18.0. The lowest BCUT2D eigenvalue weighted by atomic mass is 9.88. The number of hydrogen-bond acceptors (Lipinski definition) is 9. The molecule has 4 atom stereocenters. The van der Waals surface area contributed by atoms with Crippen molar-refractivity contribution in [1.82, 2.24) is 25.2 Å². The van der Waals surface area contributed by atoms with Crippen molar-refractivity contribution in [3.63, 3.8) is 0 Å². The zero-order valence-corrected chi connectivity index (χ0v) is 25.0. The van der Waals surface area contributed by atoms with E-state index in [1.165, 1.54) is 12.1 Å². The molecule has 8 nitrogen and oxygen atoms in total. The summed E-state index contributed by atoms with van der Waals surface area (Å²) < 4.78 is 52.2. The number of halogens is 4. The summed E-state index contributed by atoms with van der Waals surface area (Å²) in [5, 5.41) is 4.27. The molecule has 0 saturated carbocycles. The highest BCUT2D eigenvalue weighted by Gasteiger charge is 2.49. The lowest BCUT2D eigenvalue weighted by Gasteiger charge is -2.36. The van der Waals surface area contributed by atoms with Gasteiger partial charge in [0.15, 0.2) is 10.9 Å². The van der Waals surface area contributed by atoms with Gasteiger partial charge in [-0.2, -0.15) is 9.97 Å². The van der Waals surface area contributed by atoms with Gasteiger partial charge in [-0.15, -0.1) is 0 Å². The van der Waals surface area contributed by atoms with Gasteiger partial charge in [0.25, 0.3) is 0 Å². The molecule has 43 heavy (non-hydrogen) atoms. The van der Waals surface area contributed by atoms with Gasteiger partial charge in [-0.25, -0.2) is 18.2 Å². The second-order valence-corrected chi connectivity index (χ2v) is 13.8. The summed E-state index contributed by atoms with van der Waals surface area (Å²) in [5.41, 5.74) is 6.19. The van der Waals surface area contributed by atoms with Crippen LogP contribution in [-0.2, 0) is 0 Å². The molecule has 4 aliphatic rings. The maximum atomic E-state index is 16.7. The Morgan fingerprint density at radius 2 is 1.98 bits per heavy atom. The van der Waals surface area contributed by atoms with Crippen molar-refractivity contribution >= 4 is 55.0 Å². The maximum Gasteiger partial charge on any atom is 0.319 e. The lowest BCUT2D eigenvalue weighted by molar-refractivity contribution is 0.107. The van der Waals surface area contributed by atoms with E-state index in [1.807, 2.05) is 0 Å². The van der Waals surface area contributed by atoms with Gasteiger partial charge in [-0.05, 0) is 68.9 Å². The molecule has 4 saturated heterocycles. The van der Waals surface area contributed by atoms with E-state index in [0.29, 0.717) is 41.6 Å². The molecule has 0 amide bonds. The van der Waals surface area contributed by atoms with Crippen LogP contribution < -0.4 is 20.7 Å². The smallest absolute Gasteiger partial charge is 0.319 e. The van der Waals surface area contributed by atoms with Crippen molar-refractivity contribution in [2.45, 2.75) is 37.4 Å². The Morgan fingerprint density at radius 1 is 1.12 bits per heavy atom. The van der Waals surface area contributed by atoms with Crippen LogP contribution >= 0.6 is 22.9 Å². The number of aromatic nitrogens is 3. The second kappa shape index (κ2) is 10.3. The van der Waals surface area contributed by atoms with Crippen LogP contribution in [0, 0.1) is 23.5 Å². The zero-order valence-electron chi connectivity index (χ0n) is 23.4. The minimum absolute atomic E-state index is 0.0482. The third kappa shape index (κ3) is 4.51. The number of alkyl halides is 1. The number of rotatable bonds is 5. The average Bonchev–Trinajstić information content (AvgIpc) is 3.76. The quantitative estimate of drug-likeness (QED) is 0.302. The number of benzene rings is 2. The molecular weight excluding hydrogens is 599 g/mol. The number of thiazole rings is 1. The normalized spacial score (nSPS) is 27.3. The molecule has 2 unspecified atom stereocenters. The third-order valence-electron chi connectivity index (χ3n) is 9.86. The van der Waals surface area contributed by atoms with Crippen LogP contribution in [0.5, 0.6) is 6.01 Å². The van der Waals surface area contributed by atoms with Crippen LogP contribution in [-0.4, -0.2) is 77.4 Å². The highest BCUT2D eigenvalue weighted by Crippen LogP contribution is 2.44. The fraction of sp³-hybridized carbons (Fsp3) is 0.500. The summed E-state index contributed by atoms with van der Waals surface area (Å²) in [6.45, 7) is 4.92. The van der Waals surface area contributed by atoms with E-state index in [9.17, 15) is 8.78 Å². The van der Waals surface area contributed by atoms with Crippen molar-refractivity contribution in [3.8, 4) is 17.1 Å². The molecule has 0 aliphatic carbocycles. The molecule has 8 rings (SSSR count). The SMILES string of the molecule is Nc1nc2c(-c3c(Cl)cc4c(N5CCC6CNCC6C5)nc(OC[C@@]56CCCN5C[C@H](F)C6)nc4c3F)ccc(F)c2s1. The highest BCUT2D eigenvalue weighted by atomic mass is 35.5. The first kappa shape index (κ1) is 27.6. The number of nitrogen functional groups attached to an aromatic ring is 1. The van der Waals surface area contributed by atoms with Crippen LogP contribution in [0.3, 0.4) is 0 Å². The minimum atomic E-state index is -0.896. The standard InChI is InChI=1S/C30H31ClF3N7OS/c31-20-8-19-24(23(34)22(20)18-2-3-21(33)26-25(18)37-28(35)43-26)38-29(42-14-30-5-1-6-41(30)13-17(32)9-30)39-27(19)40-7-4-15-10-36-11-16(15)12-40/h2-3,8,15-17,36H,1,4-7,9-14H2,(H2,35,37)/t15?,16?,17-,30+/m1/s1. The number of ether oxygens (including phenoxy) is 1. The van der Waals surface area contributed by atoms with Crippen LogP contribution in [0.1, 0.15) is 25.7 Å². The van der Waals surface area contributed by atoms with E-state index in [-0.39, 0.29) is 44.1 Å². The fourth-order valence-electron chi connectivity index (χ4n) is 7.78. The molecular formula is C30H31ClF3N7OS. The first-order chi connectivity index (χ1) is 20.8. The van der Waals surface area contributed by atoms with Crippen LogP contribution in [0.25, 0.3) is 32.2 Å². The first-order valence-electron chi connectivity index (χ1n) is 14.8. The van der Waals surface area contributed by atoms with Crippen molar-refractivity contribution in [1.29, 1.82) is 0 Å². The molecule has 4 aliphatic heterocycles. The number of anilines is 2. The number of nitrogens with zero attached hydrogens (tertiary/aromatic N) is 5. The largest absolute Gasteiger partial charge is 0.461 e. The topological polar surface area (TPSA) is 92.4 Å². The van der Waals surface area contributed by atoms with E-state index < -0.39 is 23.3 Å². The molecule has 13 heteroatoms. The van der Waals surface area contributed by atoms with E-state index in [1.54, 1.807) is 6.07 Å². The van der Waals surface area contributed by atoms with Gasteiger partial charge in [0.2, 0.25) is 0 Å². The van der Waals surface area contributed by atoms with Crippen molar-refractivity contribution in [2.75, 3.05) is 56.5 Å². The molecule has 2 aromatic heterocycles. The second-order valence-electron chi connectivity index (χ2n) is 12.4. The Kier molecular flexibility index (Phi) is 6.63.